The Morgan fingerprint density at radius 2 is 1.85 bits per heavy atom. The van der Waals surface area contributed by atoms with Crippen LogP contribution in [0.3, 0.4) is 0 Å². The maximum Gasteiger partial charge on any atom is 0.155 e. The lowest BCUT2D eigenvalue weighted by Gasteiger charge is -2.12. The highest BCUT2D eigenvalue weighted by Crippen LogP contribution is 2.21. The van der Waals surface area contributed by atoms with E-state index in [4.69, 9.17) is 11.5 Å². The van der Waals surface area contributed by atoms with Crippen molar-refractivity contribution in [3.05, 3.63) is 5.82 Å². The Bertz CT molecular complexity index is 308. The normalized spacial score (nSPS) is 10.5. The van der Waals surface area contributed by atoms with Gasteiger partial charge in [-0.3, -0.25) is 0 Å². The molecule has 0 radical (unpaired) electrons. The Morgan fingerprint density at radius 1 is 1.23 bits per heavy atom. The Labute approximate surface area is 77.6 Å². The van der Waals surface area contributed by atoms with E-state index in [1.165, 1.54) is 0 Å². The van der Waals surface area contributed by atoms with Crippen molar-refractivity contribution in [2.45, 2.75) is 26.8 Å². The molecule has 0 saturated heterocycles. The molecule has 5 heteroatoms. The number of anilines is 3. The molecule has 0 aliphatic rings. The number of nitrogens with two attached hydrogens (primary N) is 2. The van der Waals surface area contributed by atoms with E-state index >= 15 is 0 Å². The molecule has 13 heavy (non-hydrogen) atoms. The van der Waals surface area contributed by atoms with Crippen molar-refractivity contribution in [1.29, 1.82) is 0 Å². The van der Waals surface area contributed by atoms with Gasteiger partial charge >= 0.3 is 0 Å². The summed E-state index contributed by atoms with van der Waals surface area (Å²) >= 11 is 0. The zero-order valence-corrected chi connectivity index (χ0v) is 8.13. The lowest BCUT2D eigenvalue weighted by molar-refractivity contribution is 0.883. The predicted molar refractivity (Wildman–Crippen MR) is 54.4 cm³/mol. The molecule has 1 aromatic rings. The lowest BCUT2D eigenvalue weighted by atomic mass is 10.3. The van der Waals surface area contributed by atoms with Crippen LogP contribution in [0.2, 0.25) is 0 Å². The van der Waals surface area contributed by atoms with Crippen LogP contribution in [0.4, 0.5) is 17.3 Å². The van der Waals surface area contributed by atoms with Crippen molar-refractivity contribution in [2.75, 3.05) is 16.8 Å². The number of nitrogens with one attached hydrogen (secondary N) is 1. The van der Waals surface area contributed by atoms with E-state index in [1.54, 1.807) is 6.92 Å². The van der Waals surface area contributed by atoms with Crippen LogP contribution in [-0.4, -0.2) is 16.0 Å². The minimum atomic E-state index is 0.274. The second-order valence-electron chi connectivity index (χ2n) is 3.22. The van der Waals surface area contributed by atoms with Crippen molar-refractivity contribution in [3.63, 3.8) is 0 Å². The zero-order valence-electron chi connectivity index (χ0n) is 8.13. The number of hydrogen-bond donors (Lipinski definition) is 3. The van der Waals surface area contributed by atoms with Crippen LogP contribution in [0.1, 0.15) is 19.7 Å². The third-order valence-corrected chi connectivity index (χ3v) is 1.51. The minimum absolute atomic E-state index is 0.274. The second kappa shape index (κ2) is 3.47. The fourth-order valence-corrected chi connectivity index (χ4v) is 0.986. The second-order valence-corrected chi connectivity index (χ2v) is 3.22. The molecular formula is C8H15N5. The summed E-state index contributed by atoms with van der Waals surface area (Å²) in [6, 6.07) is 0.274. The summed E-state index contributed by atoms with van der Waals surface area (Å²) in [5.74, 6) is 1.56. The topological polar surface area (TPSA) is 89.8 Å². The maximum absolute atomic E-state index is 5.69. The summed E-state index contributed by atoms with van der Waals surface area (Å²) in [6.45, 7) is 5.79. The van der Waals surface area contributed by atoms with Gasteiger partial charge in [0.25, 0.3) is 0 Å². The third kappa shape index (κ3) is 2.21. The smallest absolute Gasteiger partial charge is 0.155 e. The molecule has 5 N–H and O–H groups in total. The van der Waals surface area contributed by atoms with Crippen LogP contribution < -0.4 is 16.8 Å². The van der Waals surface area contributed by atoms with Gasteiger partial charge in [0.05, 0.1) is 0 Å². The van der Waals surface area contributed by atoms with Gasteiger partial charge in [0.15, 0.2) is 11.6 Å². The first-order chi connectivity index (χ1) is 6.00. The number of aryl methyl sites for hydroxylation is 1. The maximum atomic E-state index is 5.69. The summed E-state index contributed by atoms with van der Waals surface area (Å²) < 4.78 is 0. The Balaban J connectivity index is 3.05. The molecule has 1 aromatic heterocycles. The average Bonchev–Trinajstić information content (AvgIpc) is 1.98. The third-order valence-electron chi connectivity index (χ3n) is 1.51. The molecule has 0 bridgehead atoms. The highest BCUT2D eigenvalue weighted by Gasteiger charge is 2.07. The highest BCUT2D eigenvalue weighted by atomic mass is 15.1. The minimum Gasteiger partial charge on any atom is -0.393 e. The highest BCUT2D eigenvalue weighted by molar-refractivity contribution is 5.72. The van der Waals surface area contributed by atoms with Gasteiger partial charge < -0.3 is 16.8 Å². The number of hydrogen-bond acceptors (Lipinski definition) is 5. The molecule has 72 valence electrons. The van der Waals surface area contributed by atoms with Gasteiger partial charge in [-0.25, -0.2) is 9.97 Å². The molecular weight excluding hydrogens is 166 g/mol. The Kier molecular flexibility index (Phi) is 2.55. The average molecular weight is 181 g/mol. The van der Waals surface area contributed by atoms with Gasteiger partial charge in [-0.15, -0.1) is 0 Å². The predicted octanol–water partition coefficient (Wildman–Crippen LogP) is 0.770. The summed E-state index contributed by atoms with van der Waals surface area (Å²) in [4.78, 5) is 8.09. The van der Waals surface area contributed by atoms with Crippen LogP contribution in [0.5, 0.6) is 0 Å². The molecule has 0 spiro atoms. The van der Waals surface area contributed by atoms with E-state index in [1.807, 2.05) is 13.8 Å². The van der Waals surface area contributed by atoms with Crippen LogP contribution in [-0.2, 0) is 0 Å². The Morgan fingerprint density at radius 3 is 2.38 bits per heavy atom. The van der Waals surface area contributed by atoms with Crippen molar-refractivity contribution in [3.8, 4) is 0 Å². The summed E-state index contributed by atoms with van der Waals surface area (Å²) in [7, 11) is 0. The monoisotopic (exact) mass is 181 g/mol. The molecule has 0 aliphatic carbocycles. The number of nitrogen functional groups attached to an aromatic ring is 2. The molecule has 1 heterocycles. The van der Waals surface area contributed by atoms with Gasteiger partial charge in [-0.05, 0) is 20.8 Å². The van der Waals surface area contributed by atoms with E-state index in [0.29, 0.717) is 23.1 Å². The van der Waals surface area contributed by atoms with Crippen molar-refractivity contribution in [1.82, 2.24) is 9.97 Å². The largest absolute Gasteiger partial charge is 0.393 e. The quantitative estimate of drug-likeness (QED) is 0.627. The molecule has 0 saturated carbocycles. The zero-order chi connectivity index (χ0) is 10.0. The van der Waals surface area contributed by atoms with Gasteiger partial charge in [0.2, 0.25) is 0 Å². The van der Waals surface area contributed by atoms with E-state index in [0.717, 1.165) is 0 Å². The molecule has 0 aromatic carbocycles. The number of rotatable bonds is 2. The summed E-state index contributed by atoms with van der Waals surface area (Å²) in [5, 5.41) is 3.10. The standard InChI is InChI=1S/C8H15N5/c1-4(2)11-8-6(9)7(10)12-5(3)13-8/h4H,9H2,1-3H3,(H3,10,11,12,13). The van der Waals surface area contributed by atoms with Crippen LogP contribution in [0, 0.1) is 6.92 Å². The van der Waals surface area contributed by atoms with Crippen LogP contribution in [0.25, 0.3) is 0 Å². The fourth-order valence-electron chi connectivity index (χ4n) is 0.986. The van der Waals surface area contributed by atoms with E-state index in [2.05, 4.69) is 15.3 Å². The van der Waals surface area contributed by atoms with Gasteiger partial charge in [0.1, 0.15) is 11.5 Å². The van der Waals surface area contributed by atoms with E-state index < -0.39 is 0 Å². The number of aromatic nitrogens is 2. The number of nitrogens with zero attached hydrogens (tertiary/aromatic N) is 2. The molecule has 0 atom stereocenters. The molecule has 0 amide bonds. The fraction of sp³-hybridized carbons (Fsp3) is 0.500. The first kappa shape index (κ1) is 9.57. The lowest BCUT2D eigenvalue weighted by Crippen LogP contribution is -2.15. The van der Waals surface area contributed by atoms with Crippen molar-refractivity contribution < 1.29 is 0 Å². The molecule has 0 aliphatic heterocycles. The van der Waals surface area contributed by atoms with E-state index in [-0.39, 0.29) is 6.04 Å². The first-order valence-electron chi connectivity index (χ1n) is 4.17. The van der Waals surface area contributed by atoms with Crippen molar-refractivity contribution >= 4 is 17.3 Å². The molecule has 0 fully saturated rings. The summed E-state index contributed by atoms with van der Waals surface area (Å²) in [5.41, 5.74) is 11.7. The van der Waals surface area contributed by atoms with Gasteiger partial charge in [0, 0.05) is 6.04 Å². The van der Waals surface area contributed by atoms with Gasteiger partial charge in [-0.2, -0.15) is 0 Å². The SMILES string of the molecule is Cc1nc(N)c(N)c(NC(C)C)n1. The Hall–Kier alpha value is -1.52. The van der Waals surface area contributed by atoms with E-state index in [9.17, 15) is 0 Å². The molecule has 0 unspecified atom stereocenters. The molecule has 1 rings (SSSR count). The first-order valence-corrected chi connectivity index (χ1v) is 4.17. The van der Waals surface area contributed by atoms with Gasteiger partial charge in [-0.1, -0.05) is 0 Å². The van der Waals surface area contributed by atoms with Crippen LogP contribution in [0.15, 0.2) is 0 Å². The summed E-state index contributed by atoms with van der Waals surface area (Å²) in [6.07, 6.45) is 0. The van der Waals surface area contributed by atoms with Crippen molar-refractivity contribution in [2.24, 2.45) is 0 Å². The molecule has 5 nitrogen and oxygen atoms in total. The van der Waals surface area contributed by atoms with Crippen LogP contribution >= 0.6 is 0 Å².